The number of anilines is 1. The smallest absolute Gasteiger partial charge is 0.263 e. The van der Waals surface area contributed by atoms with Crippen molar-refractivity contribution in [3.05, 3.63) is 28.2 Å². The molecule has 0 saturated carbocycles. The first-order valence-corrected chi connectivity index (χ1v) is 6.83. The Morgan fingerprint density at radius 2 is 2.42 bits per heavy atom. The van der Waals surface area contributed by atoms with Gasteiger partial charge in [0.2, 0.25) is 5.67 Å². The fraction of sp³-hybridized carbons (Fsp3) is 0.462. The van der Waals surface area contributed by atoms with E-state index in [-0.39, 0.29) is 13.0 Å². The number of alkyl halides is 1. The van der Waals surface area contributed by atoms with Crippen LogP contribution in [0.5, 0.6) is 0 Å². The molecular formula is C13H16BrFN2O2. The standard InChI is InChI=1S/C13H16BrFN2O2/c1-19-7-9-10(14)3-2-4-11(9)17-12(18)13(15)5-6-16-8-13/h2-4,16H,5-8H2,1H3,(H,17,18). The maximum absolute atomic E-state index is 14.3. The lowest BCUT2D eigenvalue weighted by Crippen LogP contribution is -2.40. The molecule has 1 fully saturated rings. The van der Waals surface area contributed by atoms with Gasteiger partial charge in [0.15, 0.2) is 0 Å². The number of amides is 1. The highest BCUT2D eigenvalue weighted by Gasteiger charge is 2.41. The average molecular weight is 331 g/mol. The maximum atomic E-state index is 14.3. The molecule has 0 bridgehead atoms. The van der Waals surface area contributed by atoms with Crippen molar-refractivity contribution in [2.45, 2.75) is 18.7 Å². The van der Waals surface area contributed by atoms with Gasteiger partial charge in [0.05, 0.1) is 6.61 Å². The van der Waals surface area contributed by atoms with E-state index in [9.17, 15) is 9.18 Å². The summed E-state index contributed by atoms with van der Waals surface area (Å²) in [7, 11) is 1.57. The highest BCUT2D eigenvalue weighted by molar-refractivity contribution is 9.10. The van der Waals surface area contributed by atoms with Gasteiger partial charge in [0, 0.05) is 35.8 Å². The van der Waals surface area contributed by atoms with Crippen LogP contribution in [0.4, 0.5) is 10.1 Å². The molecule has 1 saturated heterocycles. The molecule has 2 rings (SSSR count). The first-order chi connectivity index (χ1) is 9.07. The predicted octanol–water partition coefficient (Wildman–Crippen LogP) is 2.24. The van der Waals surface area contributed by atoms with Crippen LogP contribution in [-0.2, 0) is 16.1 Å². The van der Waals surface area contributed by atoms with E-state index >= 15 is 0 Å². The zero-order valence-electron chi connectivity index (χ0n) is 10.6. The van der Waals surface area contributed by atoms with Crippen LogP contribution >= 0.6 is 15.9 Å². The number of ether oxygens (including phenoxy) is 1. The normalized spacial score (nSPS) is 22.5. The maximum Gasteiger partial charge on any atom is 0.263 e. The summed E-state index contributed by atoms with van der Waals surface area (Å²) in [4.78, 5) is 12.0. The first-order valence-electron chi connectivity index (χ1n) is 6.04. The minimum Gasteiger partial charge on any atom is -0.380 e. The van der Waals surface area contributed by atoms with Crippen molar-refractivity contribution < 1.29 is 13.9 Å². The number of hydrogen-bond donors (Lipinski definition) is 2. The summed E-state index contributed by atoms with van der Waals surface area (Å²) < 4.78 is 20.2. The Morgan fingerprint density at radius 1 is 1.63 bits per heavy atom. The number of benzene rings is 1. The second-order valence-corrected chi connectivity index (χ2v) is 5.40. The molecule has 19 heavy (non-hydrogen) atoms. The lowest BCUT2D eigenvalue weighted by atomic mass is 10.0. The van der Waals surface area contributed by atoms with Gasteiger partial charge in [0.25, 0.3) is 5.91 Å². The van der Waals surface area contributed by atoms with Gasteiger partial charge in [-0.25, -0.2) is 4.39 Å². The highest BCUT2D eigenvalue weighted by atomic mass is 79.9. The molecule has 1 aromatic carbocycles. The Hall–Kier alpha value is -0.980. The van der Waals surface area contributed by atoms with Crippen LogP contribution in [0.1, 0.15) is 12.0 Å². The van der Waals surface area contributed by atoms with E-state index in [1.54, 1.807) is 19.2 Å². The molecule has 0 radical (unpaired) electrons. The lowest BCUT2D eigenvalue weighted by molar-refractivity contribution is -0.126. The summed E-state index contributed by atoms with van der Waals surface area (Å²) in [6.45, 7) is 0.925. The van der Waals surface area contributed by atoms with Gasteiger partial charge in [-0.1, -0.05) is 22.0 Å². The second kappa shape index (κ2) is 5.98. The van der Waals surface area contributed by atoms with E-state index in [4.69, 9.17) is 4.74 Å². The van der Waals surface area contributed by atoms with Crippen LogP contribution in [0.25, 0.3) is 0 Å². The van der Waals surface area contributed by atoms with E-state index in [0.717, 1.165) is 10.0 Å². The van der Waals surface area contributed by atoms with Crippen molar-refractivity contribution in [3.8, 4) is 0 Å². The SMILES string of the molecule is COCc1c(Br)cccc1NC(=O)C1(F)CCNC1. The van der Waals surface area contributed by atoms with E-state index < -0.39 is 11.6 Å². The largest absolute Gasteiger partial charge is 0.380 e. The zero-order chi connectivity index (χ0) is 13.9. The third-order valence-electron chi connectivity index (χ3n) is 3.17. The Kier molecular flexibility index (Phi) is 4.54. The number of carbonyl (C=O) groups is 1. The minimum atomic E-state index is -1.83. The van der Waals surface area contributed by atoms with Crippen molar-refractivity contribution in [3.63, 3.8) is 0 Å². The minimum absolute atomic E-state index is 0.0620. The van der Waals surface area contributed by atoms with Crippen LogP contribution < -0.4 is 10.6 Å². The zero-order valence-corrected chi connectivity index (χ0v) is 12.2. The molecule has 0 spiro atoms. The number of nitrogens with one attached hydrogen (secondary N) is 2. The van der Waals surface area contributed by atoms with Crippen LogP contribution in [0.3, 0.4) is 0 Å². The molecule has 1 aromatic rings. The van der Waals surface area contributed by atoms with Gasteiger partial charge in [-0.05, 0) is 18.7 Å². The monoisotopic (exact) mass is 330 g/mol. The van der Waals surface area contributed by atoms with Gasteiger partial charge in [-0.15, -0.1) is 0 Å². The van der Waals surface area contributed by atoms with E-state index in [2.05, 4.69) is 26.6 Å². The molecule has 1 amide bonds. The highest BCUT2D eigenvalue weighted by Crippen LogP contribution is 2.28. The Labute approximate surface area is 119 Å². The topological polar surface area (TPSA) is 50.4 Å². The lowest BCUT2D eigenvalue weighted by Gasteiger charge is -2.19. The summed E-state index contributed by atoms with van der Waals surface area (Å²) in [6, 6.07) is 5.38. The summed E-state index contributed by atoms with van der Waals surface area (Å²) >= 11 is 3.40. The first kappa shape index (κ1) is 14.4. The van der Waals surface area contributed by atoms with Crippen molar-refractivity contribution in [1.82, 2.24) is 5.32 Å². The molecule has 0 aliphatic carbocycles. The summed E-state index contributed by atoms with van der Waals surface area (Å²) in [5.74, 6) is -0.604. The molecule has 1 unspecified atom stereocenters. The quantitative estimate of drug-likeness (QED) is 0.890. The predicted molar refractivity (Wildman–Crippen MR) is 74.8 cm³/mol. The number of rotatable bonds is 4. The number of methoxy groups -OCH3 is 1. The van der Waals surface area contributed by atoms with Gasteiger partial charge in [-0.2, -0.15) is 0 Å². The Balaban J connectivity index is 2.19. The second-order valence-electron chi connectivity index (χ2n) is 4.55. The summed E-state index contributed by atoms with van der Waals surface area (Å²) in [6.07, 6.45) is 0.201. The molecule has 1 heterocycles. The third-order valence-corrected chi connectivity index (χ3v) is 3.91. The molecule has 6 heteroatoms. The van der Waals surface area contributed by atoms with Crippen LogP contribution in [0, 0.1) is 0 Å². The molecule has 1 aliphatic rings. The van der Waals surface area contributed by atoms with E-state index in [1.807, 2.05) is 6.07 Å². The molecular weight excluding hydrogens is 315 g/mol. The van der Waals surface area contributed by atoms with Crippen LogP contribution in [-0.4, -0.2) is 31.8 Å². The van der Waals surface area contributed by atoms with Gasteiger partial charge >= 0.3 is 0 Å². The number of halogens is 2. The van der Waals surface area contributed by atoms with E-state index in [0.29, 0.717) is 18.8 Å². The van der Waals surface area contributed by atoms with Crippen molar-refractivity contribution in [2.24, 2.45) is 0 Å². The molecule has 2 N–H and O–H groups in total. The van der Waals surface area contributed by atoms with Crippen LogP contribution in [0.15, 0.2) is 22.7 Å². The van der Waals surface area contributed by atoms with Gasteiger partial charge in [-0.3, -0.25) is 4.79 Å². The molecule has 1 aliphatic heterocycles. The fourth-order valence-electron chi connectivity index (χ4n) is 2.06. The van der Waals surface area contributed by atoms with Gasteiger partial charge in [0.1, 0.15) is 0 Å². The van der Waals surface area contributed by atoms with Crippen LogP contribution in [0.2, 0.25) is 0 Å². The van der Waals surface area contributed by atoms with Crippen molar-refractivity contribution in [1.29, 1.82) is 0 Å². The summed E-state index contributed by atoms with van der Waals surface area (Å²) in [5.41, 5.74) is -0.454. The van der Waals surface area contributed by atoms with Gasteiger partial charge < -0.3 is 15.4 Å². The molecule has 0 aromatic heterocycles. The third kappa shape index (κ3) is 3.13. The van der Waals surface area contributed by atoms with Crippen molar-refractivity contribution in [2.75, 3.05) is 25.5 Å². The fourth-order valence-corrected chi connectivity index (χ4v) is 2.54. The van der Waals surface area contributed by atoms with Crippen molar-refractivity contribution >= 4 is 27.5 Å². The number of carbonyl (C=O) groups excluding carboxylic acids is 1. The Morgan fingerprint density at radius 3 is 3.05 bits per heavy atom. The molecule has 4 nitrogen and oxygen atoms in total. The van der Waals surface area contributed by atoms with E-state index in [1.165, 1.54) is 0 Å². The average Bonchev–Trinajstić information content (AvgIpc) is 2.82. The summed E-state index contributed by atoms with van der Waals surface area (Å²) in [5, 5.41) is 5.52. The Bertz CT molecular complexity index is 476. The number of hydrogen-bond acceptors (Lipinski definition) is 3. The molecule has 104 valence electrons. The molecule has 1 atom stereocenters.